The summed E-state index contributed by atoms with van der Waals surface area (Å²) in [7, 11) is 0. The Kier molecular flexibility index (Phi) is 4.29. The lowest BCUT2D eigenvalue weighted by Crippen LogP contribution is -2.27. The van der Waals surface area contributed by atoms with Gasteiger partial charge >= 0.3 is 0 Å². The molecule has 0 saturated heterocycles. The van der Waals surface area contributed by atoms with E-state index in [-0.39, 0.29) is 29.0 Å². The van der Waals surface area contributed by atoms with Crippen molar-refractivity contribution in [3.05, 3.63) is 87.5 Å². The van der Waals surface area contributed by atoms with Gasteiger partial charge in [-0.15, -0.1) is 0 Å². The summed E-state index contributed by atoms with van der Waals surface area (Å²) in [5.41, 5.74) is 0.256. The Bertz CT molecular complexity index is 1300. The molecule has 8 heteroatoms. The van der Waals surface area contributed by atoms with Crippen molar-refractivity contribution in [3.63, 3.8) is 0 Å². The highest BCUT2D eigenvalue weighted by molar-refractivity contribution is 5.94. The number of nitrogens with zero attached hydrogens (tertiary/aromatic N) is 3. The number of aromatic nitrogens is 2. The van der Waals surface area contributed by atoms with Gasteiger partial charge in [-0.1, -0.05) is 30.3 Å². The van der Waals surface area contributed by atoms with E-state index in [2.05, 4.69) is 10.3 Å². The number of amides is 1. The molecule has 4 rings (SSSR count). The number of hydrogen-bond donors (Lipinski definition) is 1. The van der Waals surface area contributed by atoms with Crippen molar-refractivity contribution in [2.45, 2.75) is 6.54 Å². The topological polar surface area (TPSA) is 107 Å². The van der Waals surface area contributed by atoms with Crippen LogP contribution in [0.2, 0.25) is 0 Å². The Hall–Kier alpha value is -4.07. The number of nitrogens with one attached hydrogen (secondary N) is 1. The predicted octanol–water partition coefficient (Wildman–Crippen LogP) is 3.10. The van der Waals surface area contributed by atoms with Crippen LogP contribution in [0.4, 0.5) is 11.4 Å². The number of benzene rings is 3. The summed E-state index contributed by atoms with van der Waals surface area (Å²) in [5.74, 6) is -0.375. The van der Waals surface area contributed by atoms with Gasteiger partial charge in [0.15, 0.2) is 0 Å². The molecule has 28 heavy (non-hydrogen) atoms. The van der Waals surface area contributed by atoms with E-state index in [0.29, 0.717) is 5.69 Å². The summed E-state index contributed by atoms with van der Waals surface area (Å²) in [6.07, 6.45) is 1.22. The highest BCUT2D eigenvalue weighted by atomic mass is 16.6. The molecule has 4 aromatic rings. The summed E-state index contributed by atoms with van der Waals surface area (Å²) in [6.45, 7) is -0.217. The third-order valence-electron chi connectivity index (χ3n) is 4.37. The highest BCUT2D eigenvalue weighted by Crippen LogP contribution is 2.19. The minimum atomic E-state index is -0.552. The number of fused-ring (bicyclic) bond motifs is 2. The molecule has 1 heterocycles. The molecule has 0 aliphatic rings. The van der Waals surface area contributed by atoms with Crippen LogP contribution in [0.3, 0.4) is 0 Å². The number of carbonyl (C=O) groups excluding carboxylic acids is 1. The molecular weight excluding hydrogens is 360 g/mol. The van der Waals surface area contributed by atoms with Crippen LogP contribution in [0, 0.1) is 10.1 Å². The fourth-order valence-corrected chi connectivity index (χ4v) is 3.00. The Labute approximate surface area is 158 Å². The fourth-order valence-electron chi connectivity index (χ4n) is 3.00. The van der Waals surface area contributed by atoms with Crippen molar-refractivity contribution in [2.24, 2.45) is 0 Å². The number of nitro groups is 1. The molecule has 0 aliphatic carbocycles. The van der Waals surface area contributed by atoms with Gasteiger partial charge in [-0.05, 0) is 29.0 Å². The molecule has 1 amide bonds. The zero-order valence-corrected chi connectivity index (χ0v) is 14.5. The molecule has 3 aromatic carbocycles. The maximum absolute atomic E-state index is 12.5. The van der Waals surface area contributed by atoms with Gasteiger partial charge in [-0.2, -0.15) is 0 Å². The summed E-state index contributed by atoms with van der Waals surface area (Å²) in [5, 5.41) is 15.9. The second kappa shape index (κ2) is 6.92. The van der Waals surface area contributed by atoms with Crippen LogP contribution in [0.25, 0.3) is 21.7 Å². The van der Waals surface area contributed by atoms with Gasteiger partial charge in [-0.3, -0.25) is 24.3 Å². The third-order valence-corrected chi connectivity index (χ3v) is 4.37. The molecule has 1 aromatic heterocycles. The Morgan fingerprint density at radius 1 is 1.07 bits per heavy atom. The van der Waals surface area contributed by atoms with Gasteiger partial charge in [0.25, 0.3) is 11.2 Å². The van der Waals surface area contributed by atoms with Crippen LogP contribution in [-0.2, 0) is 11.3 Å². The van der Waals surface area contributed by atoms with Crippen LogP contribution < -0.4 is 10.9 Å². The van der Waals surface area contributed by atoms with Crippen LogP contribution in [0.5, 0.6) is 0 Å². The second-order valence-corrected chi connectivity index (χ2v) is 6.25. The van der Waals surface area contributed by atoms with Gasteiger partial charge in [0.1, 0.15) is 6.54 Å². The average molecular weight is 374 g/mol. The van der Waals surface area contributed by atoms with E-state index < -0.39 is 10.5 Å². The van der Waals surface area contributed by atoms with E-state index in [1.807, 2.05) is 36.4 Å². The highest BCUT2D eigenvalue weighted by Gasteiger charge is 2.12. The molecule has 138 valence electrons. The van der Waals surface area contributed by atoms with Crippen molar-refractivity contribution in [2.75, 3.05) is 5.32 Å². The third kappa shape index (κ3) is 3.30. The van der Waals surface area contributed by atoms with Crippen LogP contribution in [0.15, 0.2) is 71.8 Å². The lowest BCUT2D eigenvalue weighted by atomic mass is 10.1. The summed E-state index contributed by atoms with van der Waals surface area (Å²) >= 11 is 0. The first-order valence-electron chi connectivity index (χ1n) is 8.43. The van der Waals surface area contributed by atoms with Crippen molar-refractivity contribution >= 4 is 39.0 Å². The monoisotopic (exact) mass is 374 g/mol. The molecule has 0 spiro atoms. The van der Waals surface area contributed by atoms with Gasteiger partial charge in [-0.25, -0.2) is 4.98 Å². The molecule has 8 nitrogen and oxygen atoms in total. The van der Waals surface area contributed by atoms with E-state index >= 15 is 0 Å². The number of nitro benzene ring substituents is 1. The molecule has 0 unspecified atom stereocenters. The van der Waals surface area contributed by atoms with Crippen molar-refractivity contribution in [1.29, 1.82) is 0 Å². The Balaban J connectivity index is 1.57. The maximum Gasteiger partial charge on any atom is 0.271 e. The van der Waals surface area contributed by atoms with Gasteiger partial charge in [0.2, 0.25) is 5.91 Å². The van der Waals surface area contributed by atoms with E-state index in [4.69, 9.17) is 0 Å². The summed E-state index contributed by atoms with van der Waals surface area (Å²) in [4.78, 5) is 39.3. The largest absolute Gasteiger partial charge is 0.325 e. The lowest BCUT2D eigenvalue weighted by Gasteiger charge is -2.09. The van der Waals surface area contributed by atoms with Crippen LogP contribution in [0.1, 0.15) is 0 Å². The predicted molar refractivity (Wildman–Crippen MR) is 105 cm³/mol. The van der Waals surface area contributed by atoms with Gasteiger partial charge in [0.05, 0.1) is 22.2 Å². The molecule has 0 bridgehead atoms. The number of non-ortho nitro benzene ring substituents is 1. The van der Waals surface area contributed by atoms with Crippen LogP contribution in [-0.4, -0.2) is 20.4 Å². The zero-order valence-electron chi connectivity index (χ0n) is 14.5. The molecule has 0 atom stereocenters. The molecule has 0 aliphatic heterocycles. The first-order valence-corrected chi connectivity index (χ1v) is 8.43. The number of carbonyl (C=O) groups is 1. The van der Waals surface area contributed by atoms with Gasteiger partial charge < -0.3 is 5.32 Å². The number of rotatable bonds is 4. The zero-order chi connectivity index (χ0) is 19.7. The van der Waals surface area contributed by atoms with E-state index in [9.17, 15) is 19.7 Å². The smallest absolute Gasteiger partial charge is 0.271 e. The van der Waals surface area contributed by atoms with Gasteiger partial charge in [0, 0.05) is 17.8 Å². The molecule has 0 saturated carbocycles. The second-order valence-electron chi connectivity index (χ2n) is 6.25. The maximum atomic E-state index is 12.5. The van der Waals surface area contributed by atoms with Crippen molar-refractivity contribution in [3.8, 4) is 0 Å². The number of hydrogen-bond acceptors (Lipinski definition) is 5. The summed E-state index contributed by atoms with van der Waals surface area (Å²) < 4.78 is 1.17. The Morgan fingerprint density at radius 3 is 2.64 bits per heavy atom. The lowest BCUT2D eigenvalue weighted by molar-refractivity contribution is -0.384. The van der Waals surface area contributed by atoms with E-state index in [0.717, 1.165) is 10.8 Å². The quantitative estimate of drug-likeness (QED) is 0.436. The number of anilines is 1. The first kappa shape index (κ1) is 17.3. The molecular formula is C20H14N4O4. The molecule has 0 radical (unpaired) electrons. The first-order chi connectivity index (χ1) is 13.5. The van der Waals surface area contributed by atoms with Crippen molar-refractivity contribution < 1.29 is 9.72 Å². The average Bonchev–Trinajstić information content (AvgIpc) is 2.69. The molecule has 1 N–H and O–H groups in total. The minimum Gasteiger partial charge on any atom is -0.325 e. The standard InChI is InChI=1S/C20H14N4O4/c25-19(22-15-6-5-13-3-1-2-4-14(13)9-15)11-23-12-21-18-10-16(24(27)28)7-8-17(18)20(23)26/h1-10,12H,11H2,(H,22,25). The van der Waals surface area contributed by atoms with Crippen LogP contribution >= 0.6 is 0 Å². The van der Waals surface area contributed by atoms with E-state index in [1.165, 1.54) is 29.1 Å². The Morgan fingerprint density at radius 2 is 1.86 bits per heavy atom. The summed E-state index contributed by atoms with van der Waals surface area (Å²) in [6, 6.07) is 17.2. The fraction of sp³-hybridized carbons (Fsp3) is 0.0500. The normalized spacial score (nSPS) is 10.9. The molecule has 0 fully saturated rings. The SMILES string of the molecule is O=C(Cn1cnc2cc([N+](=O)[O-])ccc2c1=O)Nc1ccc2ccccc2c1. The minimum absolute atomic E-state index is 0.147. The van der Waals surface area contributed by atoms with Crippen molar-refractivity contribution in [1.82, 2.24) is 9.55 Å². The van der Waals surface area contributed by atoms with E-state index in [1.54, 1.807) is 6.07 Å².